The van der Waals surface area contributed by atoms with Crippen LogP contribution in [-0.2, 0) is 41.4 Å². The molecule has 8 nitrogen and oxygen atoms in total. The van der Waals surface area contributed by atoms with Gasteiger partial charge in [0.15, 0.2) is 12.2 Å². The number of ether oxygens (including phenoxy) is 6. The summed E-state index contributed by atoms with van der Waals surface area (Å²) >= 11 is 1.73. The number of carbonyl (C=O) groups is 2. The molecule has 0 saturated heterocycles. The number of carbonyl (C=O) groups excluding carboxylic acids is 2. The maximum Gasteiger partial charge on any atom is 0.330 e. The lowest BCUT2D eigenvalue weighted by Gasteiger charge is -2.27. The average Bonchev–Trinajstić information content (AvgIpc) is 3.23. The fourth-order valence-electron chi connectivity index (χ4n) is 7.25. The first-order chi connectivity index (χ1) is 27.8. The standard InChI is InChI=1S/C48H64O8S/c1-7-18-35(9-3)26-28-51-31-37(55-45(49)11-5)33-53-47-41-22-16-17-23-42(41)48(44-30-40(24-25-43(44)47)57-39-20-14-13-15-21-39)54-34-38(56-46(50)12-6)32-52-29-27-36(10-4)19-8-2/h11-17,20-24,35-38H,5-10,18-19,25-34H2,1-4H3. The van der Waals surface area contributed by atoms with E-state index in [0.717, 1.165) is 76.8 Å². The van der Waals surface area contributed by atoms with Crippen molar-refractivity contribution in [3.63, 3.8) is 0 Å². The number of hydrogen-bond acceptors (Lipinski definition) is 9. The second-order valence-electron chi connectivity index (χ2n) is 14.6. The molecule has 0 N–H and O–H groups in total. The first-order valence-electron chi connectivity index (χ1n) is 20.9. The molecule has 0 heterocycles. The van der Waals surface area contributed by atoms with Gasteiger partial charge in [-0.1, -0.05) is 140 Å². The lowest BCUT2D eigenvalue weighted by Crippen LogP contribution is -2.30. The van der Waals surface area contributed by atoms with E-state index in [1.165, 1.54) is 29.9 Å². The van der Waals surface area contributed by atoms with Gasteiger partial charge in [0.2, 0.25) is 0 Å². The van der Waals surface area contributed by atoms with E-state index in [-0.39, 0.29) is 26.4 Å². The number of fused-ring (bicyclic) bond motifs is 2. The number of esters is 2. The zero-order valence-electron chi connectivity index (χ0n) is 34.6. The molecule has 310 valence electrons. The molecule has 0 spiro atoms. The Bertz CT molecular complexity index is 1740. The molecule has 4 atom stereocenters. The van der Waals surface area contributed by atoms with E-state index in [1.54, 1.807) is 11.8 Å². The van der Waals surface area contributed by atoms with Crippen LogP contribution in [0.3, 0.4) is 0 Å². The Morgan fingerprint density at radius 1 is 0.667 bits per heavy atom. The summed E-state index contributed by atoms with van der Waals surface area (Å²) < 4.78 is 37.1. The second kappa shape index (κ2) is 25.3. The van der Waals surface area contributed by atoms with E-state index in [2.05, 4.69) is 59.1 Å². The largest absolute Gasteiger partial charge is 0.489 e. The van der Waals surface area contributed by atoms with E-state index >= 15 is 0 Å². The predicted molar refractivity (Wildman–Crippen MR) is 231 cm³/mol. The van der Waals surface area contributed by atoms with Crippen molar-refractivity contribution < 1.29 is 38.0 Å². The highest BCUT2D eigenvalue weighted by molar-refractivity contribution is 8.03. The fourth-order valence-corrected chi connectivity index (χ4v) is 8.23. The summed E-state index contributed by atoms with van der Waals surface area (Å²) in [6.07, 6.45) is 13.3. The third kappa shape index (κ3) is 14.7. The Balaban J connectivity index is 1.63. The van der Waals surface area contributed by atoms with Crippen molar-refractivity contribution in [1.82, 2.24) is 0 Å². The molecule has 3 aromatic rings. The summed E-state index contributed by atoms with van der Waals surface area (Å²) in [5.41, 5.74) is 2.00. The Labute approximate surface area is 345 Å². The van der Waals surface area contributed by atoms with Crippen LogP contribution >= 0.6 is 11.8 Å². The van der Waals surface area contributed by atoms with Gasteiger partial charge in [0, 0.05) is 58.6 Å². The highest BCUT2D eigenvalue weighted by Gasteiger charge is 2.27. The van der Waals surface area contributed by atoms with Crippen molar-refractivity contribution in [3.8, 4) is 11.5 Å². The highest BCUT2D eigenvalue weighted by atomic mass is 32.2. The van der Waals surface area contributed by atoms with Gasteiger partial charge in [-0.25, -0.2) is 9.59 Å². The van der Waals surface area contributed by atoms with E-state index in [0.29, 0.717) is 37.9 Å². The fraction of sp³-hybridized carbons (Fsp3) is 0.500. The van der Waals surface area contributed by atoms with Gasteiger partial charge in [0.1, 0.15) is 24.7 Å². The Kier molecular flexibility index (Phi) is 20.3. The third-order valence-corrected chi connectivity index (χ3v) is 11.5. The number of rotatable bonds is 28. The van der Waals surface area contributed by atoms with Gasteiger partial charge in [0.25, 0.3) is 0 Å². The minimum absolute atomic E-state index is 0.0985. The first kappa shape index (κ1) is 45.6. The molecule has 57 heavy (non-hydrogen) atoms. The van der Waals surface area contributed by atoms with Crippen LogP contribution in [0.4, 0.5) is 0 Å². The van der Waals surface area contributed by atoms with Gasteiger partial charge in [-0.3, -0.25) is 0 Å². The molecule has 0 aliphatic heterocycles. The molecule has 4 unspecified atom stereocenters. The van der Waals surface area contributed by atoms with Crippen LogP contribution in [0.5, 0.6) is 11.5 Å². The Morgan fingerprint density at radius 2 is 1.16 bits per heavy atom. The summed E-state index contributed by atoms with van der Waals surface area (Å²) in [5.74, 6) is 1.61. The zero-order chi connectivity index (χ0) is 40.8. The maximum absolute atomic E-state index is 12.5. The molecule has 1 aliphatic rings. The van der Waals surface area contributed by atoms with Crippen LogP contribution in [0.15, 0.2) is 95.8 Å². The van der Waals surface area contributed by atoms with Gasteiger partial charge in [-0.15, -0.1) is 0 Å². The topological polar surface area (TPSA) is 89.5 Å². The average molecular weight is 801 g/mol. The molecule has 0 radical (unpaired) electrons. The molecule has 4 rings (SSSR count). The van der Waals surface area contributed by atoms with Crippen molar-refractivity contribution >= 4 is 34.5 Å². The van der Waals surface area contributed by atoms with Gasteiger partial charge in [-0.05, 0) is 48.1 Å². The monoisotopic (exact) mass is 800 g/mol. The van der Waals surface area contributed by atoms with Crippen LogP contribution in [0.2, 0.25) is 0 Å². The summed E-state index contributed by atoms with van der Waals surface area (Å²) in [7, 11) is 0. The highest BCUT2D eigenvalue weighted by Crippen LogP contribution is 2.46. The van der Waals surface area contributed by atoms with Crippen LogP contribution in [-0.4, -0.2) is 63.8 Å². The van der Waals surface area contributed by atoms with Crippen LogP contribution in [0.1, 0.15) is 90.2 Å². The van der Waals surface area contributed by atoms with Crippen molar-refractivity contribution in [2.45, 2.75) is 109 Å². The number of benzene rings is 3. The Hall–Kier alpha value is -4.05. The molecule has 0 fully saturated rings. The third-order valence-electron chi connectivity index (χ3n) is 10.4. The minimum Gasteiger partial charge on any atom is -0.489 e. The molecule has 1 aliphatic carbocycles. The van der Waals surface area contributed by atoms with Gasteiger partial charge >= 0.3 is 11.9 Å². The Morgan fingerprint density at radius 3 is 1.63 bits per heavy atom. The van der Waals surface area contributed by atoms with Gasteiger partial charge in [0.05, 0.1) is 13.2 Å². The normalized spacial score (nSPS) is 14.4. The number of hydrogen-bond donors (Lipinski definition) is 0. The van der Waals surface area contributed by atoms with Crippen molar-refractivity contribution in [3.05, 3.63) is 102 Å². The second-order valence-corrected chi connectivity index (χ2v) is 15.8. The molecular formula is C48H64O8S. The maximum atomic E-state index is 12.5. The van der Waals surface area contributed by atoms with Crippen LogP contribution in [0, 0.1) is 11.8 Å². The molecule has 0 amide bonds. The van der Waals surface area contributed by atoms with E-state index in [9.17, 15) is 9.59 Å². The minimum atomic E-state index is -0.640. The van der Waals surface area contributed by atoms with E-state index in [1.807, 2.05) is 42.5 Å². The molecule has 0 bridgehead atoms. The van der Waals surface area contributed by atoms with Gasteiger partial charge in [-0.2, -0.15) is 0 Å². The van der Waals surface area contributed by atoms with Gasteiger partial charge < -0.3 is 28.4 Å². The van der Waals surface area contributed by atoms with E-state index in [4.69, 9.17) is 28.4 Å². The first-order valence-corrected chi connectivity index (χ1v) is 21.7. The van der Waals surface area contributed by atoms with Crippen molar-refractivity contribution in [2.24, 2.45) is 11.8 Å². The quantitative estimate of drug-likeness (QED) is 0.0404. The summed E-state index contributed by atoms with van der Waals surface area (Å²) in [4.78, 5) is 27.2. The summed E-state index contributed by atoms with van der Waals surface area (Å²) in [6.45, 7) is 17.8. The van der Waals surface area contributed by atoms with Crippen molar-refractivity contribution in [2.75, 3.05) is 39.6 Å². The summed E-state index contributed by atoms with van der Waals surface area (Å²) in [5, 5.41) is 1.74. The summed E-state index contributed by atoms with van der Waals surface area (Å²) in [6, 6.07) is 18.3. The molecule has 3 aromatic carbocycles. The number of thioether (sulfide) groups is 1. The molecule has 0 saturated carbocycles. The molecule has 9 heteroatoms. The van der Waals surface area contributed by atoms with Crippen molar-refractivity contribution in [1.29, 1.82) is 0 Å². The number of allylic oxidation sites excluding steroid dienone is 2. The van der Waals surface area contributed by atoms with E-state index < -0.39 is 24.1 Å². The zero-order valence-corrected chi connectivity index (χ0v) is 35.5. The molecular weight excluding hydrogens is 737 g/mol. The van der Waals surface area contributed by atoms with Crippen LogP contribution in [0.25, 0.3) is 10.8 Å². The lowest BCUT2D eigenvalue weighted by molar-refractivity contribution is -0.148. The smallest absolute Gasteiger partial charge is 0.330 e. The molecule has 0 aromatic heterocycles. The lowest BCUT2D eigenvalue weighted by atomic mass is 9.90. The SMILES string of the molecule is C=CC(=O)OC(COCCC(CC)CCC)COc1c2c(c(OCC(COCCC(CC)CCC)OC(=O)C=C)c3ccccc13)CC(Sc1ccccc1)=CC2. The predicted octanol–water partition coefficient (Wildman–Crippen LogP) is 11.0. The van der Waals surface area contributed by atoms with Crippen LogP contribution < -0.4 is 9.47 Å².